The number of rotatable bonds is 4. The molecular weight excluding hydrogens is 325 g/mol. The topological polar surface area (TPSA) is 20.3 Å². The van der Waals surface area contributed by atoms with E-state index in [9.17, 15) is 4.79 Å². The predicted octanol–water partition coefficient (Wildman–Crippen LogP) is 2.46. The van der Waals surface area contributed by atoms with E-state index in [1.54, 1.807) is 6.08 Å². The van der Waals surface area contributed by atoms with Gasteiger partial charge in [0.25, 0.3) is 0 Å². The van der Waals surface area contributed by atoms with Crippen molar-refractivity contribution in [3.05, 3.63) is 89.1 Å². The van der Waals surface area contributed by atoms with Gasteiger partial charge in [-0.05, 0) is 0 Å². The third-order valence-corrected chi connectivity index (χ3v) is 5.11. The zero-order valence-corrected chi connectivity index (χ0v) is 13.2. The first kappa shape index (κ1) is 13.9. The summed E-state index contributed by atoms with van der Waals surface area (Å²) < 4.78 is 1.31. The van der Waals surface area contributed by atoms with Crippen molar-refractivity contribution in [3.63, 3.8) is 0 Å². The normalized spacial score (nSPS) is 15.9. The van der Waals surface area contributed by atoms with Crippen molar-refractivity contribution in [2.75, 3.05) is 0 Å². The second kappa shape index (κ2) is 6.57. The number of carbonyl (C=O) groups excluding carboxylic acids is 1. The van der Waals surface area contributed by atoms with Gasteiger partial charge in [-0.25, -0.2) is 0 Å². The molecule has 0 fully saturated rings. The summed E-state index contributed by atoms with van der Waals surface area (Å²) in [6, 6.07) is 20.5. The summed E-state index contributed by atoms with van der Waals surface area (Å²) >= 11 is 0.237. The first-order valence-electron chi connectivity index (χ1n) is 6.78. The average Bonchev–Trinajstić information content (AvgIpc) is 2.88. The summed E-state index contributed by atoms with van der Waals surface area (Å²) in [5.41, 5.74) is 2.15. The predicted molar refractivity (Wildman–Crippen MR) is 86.0 cm³/mol. The van der Waals surface area contributed by atoms with Crippen LogP contribution in [0.3, 0.4) is 0 Å². The van der Waals surface area contributed by atoms with Gasteiger partial charge in [-0.1, -0.05) is 0 Å². The molecule has 2 aromatic carbocycles. The van der Waals surface area contributed by atoms with E-state index in [1.807, 2.05) is 59.5 Å². The van der Waals surface area contributed by atoms with E-state index < -0.39 is 0 Å². The van der Waals surface area contributed by atoms with E-state index in [0.717, 1.165) is 11.3 Å². The van der Waals surface area contributed by atoms with Gasteiger partial charge in [0, 0.05) is 0 Å². The zero-order valence-electron chi connectivity index (χ0n) is 11.5. The van der Waals surface area contributed by atoms with Crippen LogP contribution in [0.1, 0.15) is 5.56 Å². The standard InChI is InChI=1S/C18H15NOSe/c20-18-12-11-16(14-21-17-9-5-2-6-10-17)19(18)13-15-7-3-1-4-8-15/h1-12,14H,13H2/b16-14-. The Bertz CT molecular complexity index is 677. The van der Waals surface area contributed by atoms with E-state index in [4.69, 9.17) is 0 Å². The Kier molecular flexibility index (Phi) is 4.34. The average molecular weight is 340 g/mol. The summed E-state index contributed by atoms with van der Waals surface area (Å²) in [6.45, 7) is 0.628. The molecule has 1 aliphatic heterocycles. The molecule has 0 saturated heterocycles. The van der Waals surface area contributed by atoms with Gasteiger partial charge in [0.2, 0.25) is 0 Å². The first-order valence-corrected chi connectivity index (χ1v) is 8.63. The zero-order chi connectivity index (χ0) is 14.5. The summed E-state index contributed by atoms with van der Waals surface area (Å²) in [5.74, 6) is 0.0639. The van der Waals surface area contributed by atoms with Crippen LogP contribution in [0.4, 0.5) is 0 Å². The summed E-state index contributed by atoms with van der Waals surface area (Å²) in [7, 11) is 0. The Balaban J connectivity index is 1.74. The van der Waals surface area contributed by atoms with E-state index >= 15 is 0 Å². The van der Waals surface area contributed by atoms with E-state index in [2.05, 4.69) is 17.1 Å². The molecule has 0 N–H and O–H groups in total. The Morgan fingerprint density at radius 1 is 0.905 bits per heavy atom. The first-order chi connectivity index (χ1) is 10.3. The van der Waals surface area contributed by atoms with Crippen molar-refractivity contribution >= 4 is 25.3 Å². The van der Waals surface area contributed by atoms with Crippen LogP contribution in [0.2, 0.25) is 0 Å². The van der Waals surface area contributed by atoms with Crippen LogP contribution >= 0.6 is 0 Å². The molecule has 1 heterocycles. The fraction of sp³-hybridized carbons (Fsp3) is 0.0556. The molecule has 1 amide bonds. The second-order valence-electron chi connectivity index (χ2n) is 4.72. The Morgan fingerprint density at radius 2 is 1.57 bits per heavy atom. The maximum absolute atomic E-state index is 12.0. The molecular formula is C18H15NOSe. The van der Waals surface area contributed by atoms with Crippen LogP contribution in [0.25, 0.3) is 0 Å². The van der Waals surface area contributed by atoms with E-state index in [1.165, 1.54) is 4.46 Å². The minimum atomic E-state index is 0.0639. The van der Waals surface area contributed by atoms with Crippen molar-refractivity contribution in [3.8, 4) is 0 Å². The van der Waals surface area contributed by atoms with Crippen molar-refractivity contribution in [2.24, 2.45) is 0 Å². The van der Waals surface area contributed by atoms with Gasteiger partial charge in [0.1, 0.15) is 0 Å². The molecule has 3 rings (SSSR count). The Labute approximate surface area is 130 Å². The molecule has 0 aliphatic carbocycles. The van der Waals surface area contributed by atoms with Crippen molar-refractivity contribution in [1.82, 2.24) is 4.90 Å². The van der Waals surface area contributed by atoms with Crippen LogP contribution in [0, 0.1) is 0 Å². The SMILES string of the molecule is O=C1C=C/C(=C/[Se]c2ccccc2)N1Cc1ccccc1. The Hall–Kier alpha value is -2.09. The molecule has 1 aliphatic rings. The van der Waals surface area contributed by atoms with E-state index in [-0.39, 0.29) is 20.9 Å². The Morgan fingerprint density at radius 3 is 2.29 bits per heavy atom. The molecule has 2 aromatic rings. The van der Waals surface area contributed by atoms with Gasteiger partial charge in [0.15, 0.2) is 0 Å². The fourth-order valence-electron chi connectivity index (χ4n) is 2.13. The number of allylic oxidation sites excluding steroid dienone is 1. The van der Waals surface area contributed by atoms with E-state index in [0.29, 0.717) is 6.54 Å². The van der Waals surface area contributed by atoms with Crippen molar-refractivity contribution in [1.29, 1.82) is 0 Å². The molecule has 0 atom stereocenters. The molecule has 0 aromatic heterocycles. The number of hydrogen-bond donors (Lipinski definition) is 0. The van der Waals surface area contributed by atoms with Crippen LogP contribution in [-0.4, -0.2) is 25.8 Å². The summed E-state index contributed by atoms with van der Waals surface area (Å²) in [5, 5.41) is 0. The molecule has 0 saturated carbocycles. The van der Waals surface area contributed by atoms with Gasteiger partial charge >= 0.3 is 131 Å². The van der Waals surface area contributed by atoms with Crippen LogP contribution in [0.5, 0.6) is 0 Å². The molecule has 104 valence electrons. The monoisotopic (exact) mass is 341 g/mol. The second-order valence-corrected chi connectivity index (χ2v) is 6.70. The van der Waals surface area contributed by atoms with Crippen LogP contribution in [-0.2, 0) is 11.3 Å². The summed E-state index contributed by atoms with van der Waals surface area (Å²) in [6.07, 6.45) is 3.56. The van der Waals surface area contributed by atoms with Gasteiger partial charge in [-0.3, -0.25) is 0 Å². The molecule has 2 nitrogen and oxygen atoms in total. The third kappa shape index (κ3) is 3.52. The molecule has 0 spiro atoms. The number of hydrogen-bond acceptors (Lipinski definition) is 1. The molecule has 21 heavy (non-hydrogen) atoms. The number of amides is 1. The van der Waals surface area contributed by atoms with Crippen LogP contribution in [0.15, 0.2) is 83.5 Å². The number of nitrogens with zero attached hydrogens (tertiary/aromatic N) is 1. The fourth-order valence-corrected chi connectivity index (χ4v) is 3.76. The van der Waals surface area contributed by atoms with Crippen LogP contribution < -0.4 is 4.46 Å². The number of carbonyl (C=O) groups is 1. The van der Waals surface area contributed by atoms with Gasteiger partial charge < -0.3 is 0 Å². The molecule has 0 radical (unpaired) electrons. The molecule has 3 heteroatoms. The van der Waals surface area contributed by atoms with Crippen molar-refractivity contribution in [2.45, 2.75) is 6.54 Å². The van der Waals surface area contributed by atoms with Gasteiger partial charge in [-0.15, -0.1) is 0 Å². The number of benzene rings is 2. The quantitative estimate of drug-likeness (QED) is 0.783. The molecule has 0 unspecified atom stereocenters. The van der Waals surface area contributed by atoms with Crippen molar-refractivity contribution < 1.29 is 4.79 Å². The third-order valence-electron chi connectivity index (χ3n) is 3.22. The molecule has 0 bridgehead atoms. The minimum absolute atomic E-state index is 0.0639. The van der Waals surface area contributed by atoms with Gasteiger partial charge in [0.05, 0.1) is 0 Å². The van der Waals surface area contributed by atoms with Gasteiger partial charge in [-0.2, -0.15) is 0 Å². The maximum atomic E-state index is 12.0. The summed E-state index contributed by atoms with van der Waals surface area (Å²) in [4.78, 5) is 16.0.